The Hall–Kier alpha value is -1.56. The molecule has 3 rings (SSSR count). The van der Waals surface area contributed by atoms with Crippen molar-refractivity contribution in [3.05, 3.63) is 32.3 Å². The summed E-state index contributed by atoms with van der Waals surface area (Å²) in [4.78, 5) is 17.0. The Morgan fingerprint density at radius 3 is 2.83 bits per heavy atom. The summed E-state index contributed by atoms with van der Waals surface area (Å²) in [5, 5.41) is 14.4. The molecule has 0 bridgehead atoms. The predicted octanol–water partition coefficient (Wildman–Crippen LogP) is 2.40. The van der Waals surface area contributed by atoms with Gasteiger partial charge in [-0.25, -0.2) is 13.4 Å². The van der Waals surface area contributed by atoms with Gasteiger partial charge in [-0.05, 0) is 6.92 Å². The van der Waals surface area contributed by atoms with Crippen molar-refractivity contribution in [2.75, 3.05) is 30.9 Å². The minimum absolute atomic E-state index is 0.00247. The zero-order valence-electron chi connectivity index (χ0n) is 13.0. The molecule has 0 amide bonds. The van der Waals surface area contributed by atoms with Crippen molar-refractivity contribution in [1.82, 2.24) is 4.98 Å². The van der Waals surface area contributed by atoms with Crippen LogP contribution in [0.2, 0.25) is 0 Å². The van der Waals surface area contributed by atoms with E-state index in [0.29, 0.717) is 24.7 Å². The van der Waals surface area contributed by atoms with Gasteiger partial charge in [0.2, 0.25) is 0 Å². The van der Waals surface area contributed by atoms with E-state index in [1.165, 1.54) is 11.3 Å². The highest BCUT2D eigenvalue weighted by Gasteiger charge is 2.32. The lowest BCUT2D eigenvalue weighted by atomic mass is 10.3. The molecule has 0 aliphatic carbocycles. The molecule has 8 nitrogen and oxygen atoms in total. The van der Waals surface area contributed by atoms with Crippen LogP contribution in [-0.2, 0) is 14.6 Å². The highest BCUT2D eigenvalue weighted by atomic mass is 32.2. The Bertz CT molecular complexity index is 873. The minimum atomic E-state index is -3.49. The number of sulfone groups is 1. The van der Waals surface area contributed by atoms with Crippen molar-refractivity contribution in [3.63, 3.8) is 0 Å². The van der Waals surface area contributed by atoms with E-state index in [4.69, 9.17) is 4.74 Å². The maximum Gasteiger partial charge on any atom is 0.305 e. The topological polar surface area (TPSA) is 103 Å². The average molecular weight is 389 g/mol. The van der Waals surface area contributed by atoms with E-state index in [1.54, 1.807) is 0 Å². The quantitative estimate of drug-likeness (QED) is 0.584. The van der Waals surface area contributed by atoms with E-state index in [0.717, 1.165) is 34.4 Å². The van der Waals surface area contributed by atoms with Gasteiger partial charge >= 0.3 is 5.69 Å². The summed E-state index contributed by atoms with van der Waals surface area (Å²) < 4.78 is 29.2. The first kappa shape index (κ1) is 17.3. The van der Waals surface area contributed by atoms with Crippen LogP contribution in [0.15, 0.2) is 15.7 Å². The summed E-state index contributed by atoms with van der Waals surface area (Å²) in [6.07, 6.45) is 0.771. The SMILES string of the molecule is Cc1csc(C2CN(c3sc(S(C)(=O)=O)cc3[N+](=O)[O-])CCO2)n1. The molecule has 1 atom stereocenters. The number of aromatic nitrogens is 1. The van der Waals surface area contributed by atoms with Gasteiger partial charge in [0.1, 0.15) is 15.3 Å². The predicted molar refractivity (Wildman–Crippen MR) is 91.8 cm³/mol. The van der Waals surface area contributed by atoms with Gasteiger partial charge < -0.3 is 9.64 Å². The summed E-state index contributed by atoms with van der Waals surface area (Å²) in [5.41, 5.74) is 0.716. The Labute approximate surface area is 146 Å². The van der Waals surface area contributed by atoms with Gasteiger partial charge in [-0.3, -0.25) is 10.1 Å². The fraction of sp³-hybridized carbons (Fsp3) is 0.462. The second-order valence-electron chi connectivity index (χ2n) is 5.42. The largest absolute Gasteiger partial charge is 0.367 e. The molecule has 1 fully saturated rings. The van der Waals surface area contributed by atoms with Crippen LogP contribution in [0.4, 0.5) is 10.7 Å². The average Bonchev–Trinajstić information content (AvgIpc) is 3.13. The molecule has 0 radical (unpaired) electrons. The van der Waals surface area contributed by atoms with Gasteiger partial charge in [-0.1, -0.05) is 11.3 Å². The summed E-state index contributed by atoms with van der Waals surface area (Å²) in [6, 6.07) is 1.13. The number of morpholine rings is 1. The number of hydrogen-bond acceptors (Lipinski definition) is 9. The van der Waals surface area contributed by atoms with E-state index >= 15 is 0 Å². The van der Waals surface area contributed by atoms with Gasteiger partial charge in [0.15, 0.2) is 14.8 Å². The number of nitrogens with zero attached hydrogens (tertiary/aromatic N) is 3. The molecule has 130 valence electrons. The molecule has 2 aromatic heterocycles. The molecule has 3 heterocycles. The molecule has 2 aromatic rings. The highest BCUT2D eigenvalue weighted by molar-refractivity contribution is 7.92. The van der Waals surface area contributed by atoms with Crippen LogP contribution in [0.25, 0.3) is 0 Å². The molecule has 1 aliphatic rings. The van der Waals surface area contributed by atoms with Crippen LogP contribution in [0, 0.1) is 17.0 Å². The molecule has 1 saturated heterocycles. The lowest BCUT2D eigenvalue weighted by molar-refractivity contribution is -0.383. The Morgan fingerprint density at radius 1 is 1.50 bits per heavy atom. The summed E-state index contributed by atoms with van der Waals surface area (Å²) in [6.45, 7) is 3.15. The maximum absolute atomic E-state index is 11.7. The van der Waals surface area contributed by atoms with Gasteiger partial charge in [0.05, 0.1) is 18.1 Å². The van der Waals surface area contributed by atoms with Crippen molar-refractivity contribution in [2.45, 2.75) is 17.2 Å². The maximum atomic E-state index is 11.7. The van der Waals surface area contributed by atoms with Crippen molar-refractivity contribution in [1.29, 1.82) is 0 Å². The normalized spacial score (nSPS) is 18.8. The first-order valence-corrected chi connectivity index (χ1v) is 10.6. The lowest BCUT2D eigenvalue weighted by Crippen LogP contribution is -2.38. The Balaban J connectivity index is 1.93. The van der Waals surface area contributed by atoms with Crippen molar-refractivity contribution in [3.8, 4) is 0 Å². The number of rotatable bonds is 4. The molecule has 0 N–H and O–H groups in total. The molecule has 1 unspecified atom stereocenters. The van der Waals surface area contributed by atoms with Crippen molar-refractivity contribution in [2.24, 2.45) is 0 Å². The Kier molecular flexibility index (Phi) is 4.60. The zero-order valence-corrected chi connectivity index (χ0v) is 15.4. The van der Waals surface area contributed by atoms with Crippen LogP contribution in [0.1, 0.15) is 16.8 Å². The highest BCUT2D eigenvalue weighted by Crippen LogP contribution is 2.41. The summed E-state index contributed by atoms with van der Waals surface area (Å²) in [7, 11) is -3.49. The monoisotopic (exact) mass is 389 g/mol. The number of nitro groups is 1. The van der Waals surface area contributed by atoms with E-state index in [9.17, 15) is 18.5 Å². The van der Waals surface area contributed by atoms with E-state index in [2.05, 4.69) is 4.98 Å². The van der Waals surface area contributed by atoms with Crippen molar-refractivity contribution < 1.29 is 18.1 Å². The number of hydrogen-bond donors (Lipinski definition) is 0. The second-order valence-corrected chi connectivity index (χ2v) is 9.58. The fourth-order valence-corrected chi connectivity index (χ4v) is 5.29. The first-order chi connectivity index (χ1) is 11.3. The lowest BCUT2D eigenvalue weighted by Gasteiger charge is -2.32. The van der Waals surface area contributed by atoms with Gasteiger partial charge in [0.25, 0.3) is 0 Å². The number of thiophene rings is 1. The first-order valence-electron chi connectivity index (χ1n) is 7.02. The second kappa shape index (κ2) is 6.39. The van der Waals surface area contributed by atoms with E-state index < -0.39 is 14.8 Å². The standard InChI is InChI=1S/C13H15N3O5S3/c1-8-7-22-12(14-8)10-6-15(3-4-21-10)13-9(16(17)18)5-11(23-13)24(2,19)20/h5,7,10H,3-4,6H2,1-2H3. The van der Waals surface area contributed by atoms with Crippen LogP contribution in [-0.4, -0.2) is 44.3 Å². The summed E-state index contributed by atoms with van der Waals surface area (Å²) >= 11 is 2.41. The van der Waals surface area contributed by atoms with Gasteiger partial charge in [0, 0.05) is 29.9 Å². The third-order valence-electron chi connectivity index (χ3n) is 3.50. The number of anilines is 1. The number of thiazole rings is 1. The molecule has 0 saturated carbocycles. The van der Waals surface area contributed by atoms with Crippen LogP contribution in [0.3, 0.4) is 0 Å². The number of aryl methyl sites for hydroxylation is 1. The third-order valence-corrected chi connectivity index (χ3v) is 7.54. The summed E-state index contributed by atoms with van der Waals surface area (Å²) in [5.74, 6) is 0. The van der Waals surface area contributed by atoms with E-state index in [1.807, 2.05) is 17.2 Å². The Morgan fingerprint density at radius 2 is 2.25 bits per heavy atom. The molecular weight excluding hydrogens is 374 g/mol. The van der Waals surface area contributed by atoms with Gasteiger partial charge in [-0.2, -0.15) is 0 Å². The number of ether oxygens (including phenoxy) is 1. The molecule has 1 aliphatic heterocycles. The van der Waals surface area contributed by atoms with E-state index in [-0.39, 0.29) is 16.0 Å². The van der Waals surface area contributed by atoms with Crippen LogP contribution < -0.4 is 4.90 Å². The van der Waals surface area contributed by atoms with Crippen LogP contribution in [0.5, 0.6) is 0 Å². The fourth-order valence-electron chi connectivity index (χ4n) is 2.39. The smallest absolute Gasteiger partial charge is 0.305 e. The molecular formula is C13H15N3O5S3. The molecule has 0 spiro atoms. The van der Waals surface area contributed by atoms with Gasteiger partial charge in [-0.15, -0.1) is 11.3 Å². The van der Waals surface area contributed by atoms with Crippen molar-refractivity contribution >= 4 is 43.2 Å². The third kappa shape index (κ3) is 3.43. The zero-order chi connectivity index (χ0) is 17.5. The molecule has 11 heteroatoms. The van der Waals surface area contributed by atoms with Crippen LogP contribution >= 0.6 is 22.7 Å². The minimum Gasteiger partial charge on any atom is -0.367 e. The molecule has 24 heavy (non-hydrogen) atoms. The molecule has 0 aromatic carbocycles.